The van der Waals surface area contributed by atoms with Gasteiger partial charge >= 0.3 is 0 Å². The third-order valence-electron chi connectivity index (χ3n) is 3.47. The summed E-state index contributed by atoms with van der Waals surface area (Å²) in [6, 6.07) is 11.7. The Kier molecular flexibility index (Phi) is 6.85. The molecular formula is C18H11Cl3N2O3S2. The van der Waals surface area contributed by atoms with Crippen LogP contribution >= 0.6 is 58.8 Å². The molecule has 2 aromatic rings. The molecule has 0 radical (unpaired) electrons. The Morgan fingerprint density at radius 2 is 1.93 bits per heavy atom. The Hall–Kier alpha value is -1.77. The minimum atomic E-state index is -0.568. The number of halogens is 3. The van der Waals surface area contributed by atoms with Gasteiger partial charge in [0.15, 0.2) is 10.9 Å². The lowest BCUT2D eigenvalue weighted by Gasteiger charge is -2.16. The van der Waals surface area contributed by atoms with E-state index in [4.69, 9.17) is 51.8 Å². The van der Waals surface area contributed by atoms with Crippen LogP contribution in [-0.4, -0.2) is 27.8 Å². The molecule has 144 valence electrons. The van der Waals surface area contributed by atoms with Crippen molar-refractivity contribution >= 4 is 81.0 Å². The lowest BCUT2D eigenvalue weighted by molar-refractivity contribution is -0.134. The molecule has 10 heteroatoms. The molecule has 0 unspecified atom stereocenters. The highest BCUT2D eigenvalue weighted by molar-refractivity contribution is 8.26. The van der Waals surface area contributed by atoms with Gasteiger partial charge < -0.3 is 4.74 Å². The van der Waals surface area contributed by atoms with Crippen molar-refractivity contribution in [3.05, 3.63) is 68.0 Å². The summed E-state index contributed by atoms with van der Waals surface area (Å²) in [4.78, 5) is 25.0. The largest absolute Gasteiger partial charge is 0.482 e. The molecule has 0 aromatic heterocycles. The molecule has 0 saturated carbocycles. The second kappa shape index (κ2) is 9.15. The summed E-state index contributed by atoms with van der Waals surface area (Å²) >= 11 is 24.2. The number of hydrogen-bond donors (Lipinski definition) is 1. The van der Waals surface area contributed by atoms with Crippen molar-refractivity contribution in [1.82, 2.24) is 10.4 Å². The number of thiocarbonyl (C=S) groups is 1. The van der Waals surface area contributed by atoms with Gasteiger partial charge in [-0.3, -0.25) is 15.0 Å². The van der Waals surface area contributed by atoms with E-state index >= 15 is 0 Å². The minimum Gasteiger partial charge on any atom is -0.482 e. The average molecular weight is 474 g/mol. The van der Waals surface area contributed by atoms with Crippen LogP contribution in [0.4, 0.5) is 0 Å². The van der Waals surface area contributed by atoms with Crippen molar-refractivity contribution in [3.8, 4) is 5.75 Å². The van der Waals surface area contributed by atoms with Gasteiger partial charge in [0.2, 0.25) is 0 Å². The molecule has 0 aliphatic carbocycles. The monoisotopic (exact) mass is 472 g/mol. The van der Waals surface area contributed by atoms with E-state index in [9.17, 15) is 9.59 Å². The Bertz CT molecular complexity index is 998. The van der Waals surface area contributed by atoms with Crippen LogP contribution in [0.1, 0.15) is 5.56 Å². The van der Waals surface area contributed by atoms with Gasteiger partial charge in [0, 0.05) is 10.0 Å². The Morgan fingerprint density at radius 1 is 1.18 bits per heavy atom. The molecule has 0 spiro atoms. The fraction of sp³-hybridized carbons (Fsp3) is 0.0556. The number of nitrogens with one attached hydrogen (secondary N) is 1. The lowest BCUT2D eigenvalue weighted by Crippen LogP contribution is -2.46. The number of ether oxygens (including phenoxy) is 1. The highest BCUT2D eigenvalue weighted by atomic mass is 35.5. The van der Waals surface area contributed by atoms with Crippen molar-refractivity contribution < 1.29 is 14.3 Å². The van der Waals surface area contributed by atoms with Gasteiger partial charge in [-0.25, -0.2) is 0 Å². The predicted molar refractivity (Wildman–Crippen MR) is 117 cm³/mol. The van der Waals surface area contributed by atoms with E-state index in [0.717, 1.165) is 16.8 Å². The van der Waals surface area contributed by atoms with Gasteiger partial charge in [-0.15, -0.1) is 0 Å². The zero-order chi connectivity index (χ0) is 20.3. The third-order valence-corrected chi connectivity index (χ3v) is 5.65. The number of hydrazine groups is 1. The summed E-state index contributed by atoms with van der Waals surface area (Å²) in [6.07, 6.45) is 1.62. The molecule has 0 bridgehead atoms. The van der Waals surface area contributed by atoms with Crippen molar-refractivity contribution in [2.45, 2.75) is 0 Å². The van der Waals surface area contributed by atoms with E-state index in [1.54, 1.807) is 42.5 Å². The van der Waals surface area contributed by atoms with E-state index < -0.39 is 11.8 Å². The summed E-state index contributed by atoms with van der Waals surface area (Å²) in [7, 11) is 0. The summed E-state index contributed by atoms with van der Waals surface area (Å²) in [5, 5.41) is 2.22. The normalized spacial score (nSPS) is 15.2. The topological polar surface area (TPSA) is 58.6 Å². The van der Waals surface area contributed by atoms with Crippen LogP contribution in [0.5, 0.6) is 5.75 Å². The first-order valence-corrected chi connectivity index (χ1v) is 10.1. The molecule has 1 N–H and O–H groups in total. The summed E-state index contributed by atoms with van der Waals surface area (Å²) in [5.41, 5.74) is 3.10. The number of rotatable bonds is 5. The maximum Gasteiger partial charge on any atom is 0.285 e. The van der Waals surface area contributed by atoms with Gasteiger partial charge in [-0.05, 0) is 48.1 Å². The minimum absolute atomic E-state index is 0.196. The molecule has 1 aliphatic heterocycles. The second-order valence-electron chi connectivity index (χ2n) is 5.44. The van der Waals surface area contributed by atoms with Crippen LogP contribution in [0, 0.1) is 0 Å². The predicted octanol–water partition coefficient (Wildman–Crippen LogP) is 4.96. The van der Waals surface area contributed by atoms with Gasteiger partial charge in [-0.2, -0.15) is 5.01 Å². The highest BCUT2D eigenvalue weighted by Crippen LogP contribution is 2.32. The van der Waals surface area contributed by atoms with Gasteiger partial charge in [-0.1, -0.05) is 64.8 Å². The number of carbonyl (C=O) groups excluding carboxylic acids is 2. The number of benzene rings is 2. The molecule has 2 aromatic carbocycles. The molecule has 1 heterocycles. The standard InChI is InChI=1S/C18H11Cl3N2O3S2/c19-11-5-6-14(13(21)8-11)26-9-16(24)22-23-17(25)15(28-18(23)27)7-10-3-1-2-4-12(10)20/h1-8H,9H2,(H,22,24). The molecule has 0 atom stereocenters. The highest BCUT2D eigenvalue weighted by Gasteiger charge is 2.33. The first-order chi connectivity index (χ1) is 13.3. The van der Waals surface area contributed by atoms with Crippen molar-refractivity contribution in [3.63, 3.8) is 0 Å². The summed E-state index contributed by atoms with van der Waals surface area (Å²) in [6.45, 7) is -0.359. The van der Waals surface area contributed by atoms with Crippen LogP contribution in [0.15, 0.2) is 47.4 Å². The number of carbonyl (C=O) groups is 2. The quantitative estimate of drug-likeness (QED) is 0.491. The Balaban J connectivity index is 1.64. The smallest absolute Gasteiger partial charge is 0.285 e. The number of nitrogens with zero attached hydrogens (tertiary/aromatic N) is 1. The molecule has 5 nitrogen and oxygen atoms in total. The molecule has 1 aliphatic rings. The van der Waals surface area contributed by atoms with E-state index in [1.165, 1.54) is 6.07 Å². The van der Waals surface area contributed by atoms with E-state index in [0.29, 0.717) is 26.3 Å². The van der Waals surface area contributed by atoms with Gasteiger partial charge in [0.25, 0.3) is 11.8 Å². The number of hydrogen-bond acceptors (Lipinski definition) is 5. The fourth-order valence-corrected chi connectivity index (χ4v) is 4.01. The molecular weight excluding hydrogens is 463 g/mol. The molecule has 1 saturated heterocycles. The maximum absolute atomic E-state index is 12.5. The lowest BCUT2D eigenvalue weighted by atomic mass is 10.2. The molecule has 1 fully saturated rings. The molecule has 3 rings (SSSR count). The van der Waals surface area contributed by atoms with Crippen molar-refractivity contribution in [2.24, 2.45) is 0 Å². The first kappa shape index (κ1) is 21.0. The van der Waals surface area contributed by atoms with Gasteiger partial charge in [0.05, 0.1) is 9.93 Å². The van der Waals surface area contributed by atoms with Crippen molar-refractivity contribution in [2.75, 3.05) is 6.61 Å². The summed E-state index contributed by atoms with van der Waals surface area (Å²) < 4.78 is 5.55. The zero-order valence-electron chi connectivity index (χ0n) is 13.9. The van der Waals surface area contributed by atoms with Crippen molar-refractivity contribution in [1.29, 1.82) is 0 Å². The van der Waals surface area contributed by atoms with Crippen LogP contribution in [0.3, 0.4) is 0 Å². The number of thioether (sulfide) groups is 1. The third kappa shape index (κ3) is 4.98. The van der Waals surface area contributed by atoms with Crippen LogP contribution in [0.2, 0.25) is 15.1 Å². The van der Waals surface area contributed by atoms with E-state index in [2.05, 4.69) is 5.43 Å². The molecule has 28 heavy (non-hydrogen) atoms. The van der Waals surface area contributed by atoms with E-state index in [-0.39, 0.29) is 16.0 Å². The first-order valence-electron chi connectivity index (χ1n) is 7.75. The second-order valence-corrected chi connectivity index (χ2v) is 8.36. The van der Waals surface area contributed by atoms with Crippen LogP contribution in [-0.2, 0) is 9.59 Å². The average Bonchev–Trinajstić information content (AvgIpc) is 2.90. The Labute approximate surface area is 185 Å². The van der Waals surface area contributed by atoms with Gasteiger partial charge in [0.1, 0.15) is 5.75 Å². The summed E-state index contributed by atoms with van der Waals surface area (Å²) in [5.74, 6) is -0.723. The fourth-order valence-electron chi connectivity index (χ4n) is 2.19. The SMILES string of the molecule is O=C(COc1ccc(Cl)cc1Cl)NN1C(=O)C(=Cc2ccccc2Cl)SC1=S. The van der Waals surface area contributed by atoms with Crippen LogP contribution in [0.25, 0.3) is 6.08 Å². The zero-order valence-corrected chi connectivity index (χ0v) is 17.8. The maximum atomic E-state index is 12.5. The van der Waals surface area contributed by atoms with Crippen LogP contribution < -0.4 is 10.2 Å². The number of amides is 2. The molecule has 2 amide bonds. The van der Waals surface area contributed by atoms with E-state index in [1.807, 2.05) is 0 Å². The Morgan fingerprint density at radius 3 is 2.64 bits per heavy atom.